The number of carbonyl (C=O) groups is 7. The molecule has 3 atom stereocenters. The van der Waals surface area contributed by atoms with Crippen molar-refractivity contribution in [1.82, 2.24) is 36.5 Å². The molecular weight excluding hydrogens is 871 g/mol. The fourth-order valence-corrected chi connectivity index (χ4v) is 6.80. The molecule has 0 radical (unpaired) electrons. The number of benzene rings is 1. The van der Waals surface area contributed by atoms with E-state index in [1.165, 1.54) is 18.0 Å². The van der Waals surface area contributed by atoms with Crippen LogP contribution in [0.15, 0.2) is 30.5 Å². The van der Waals surface area contributed by atoms with Gasteiger partial charge in [0.25, 0.3) is 11.8 Å². The zero-order valence-electron chi connectivity index (χ0n) is 39.3. The molecule has 1 aliphatic rings. The number of nitrogens with zero attached hydrogens (tertiary/aromatic N) is 3. The highest BCUT2D eigenvalue weighted by molar-refractivity contribution is 6.07. The van der Waals surface area contributed by atoms with E-state index >= 15 is 0 Å². The number of hydrogen-bond acceptors (Lipinski definition) is 15. The van der Waals surface area contributed by atoms with E-state index in [0.717, 1.165) is 6.42 Å². The predicted octanol–water partition coefficient (Wildman–Crippen LogP) is 1.16. The van der Waals surface area contributed by atoms with Crippen LogP contribution in [0.25, 0.3) is 10.9 Å². The molecule has 21 nitrogen and oxygen atoms in total. The molecule has 1 saturated heterocycles. The van der Waals surface area contributed by atoms with Gasteiger partial charge in [-0.2, -0.15) is 5.26 Å². The van der Waals surface area contributed by atoms with Gasteiger partial charge in [0.15, 0.2) is 6.61 Å². The number of likely N-dealkylation sites (tertiary alicyclic amines) is 1. The minimum Gasteiger partial charge on any atom is -0.484 e. The highest BCUT2D eigenvalue weighted by Gasteiger charge is 2.30. The van der Waals surface area contributed by atoms with Crippen LogP contribution in [0.1, 0.15) is 95.8 Å². The Hall–Kier alpha value is -5.95. The Morgan fingerprint density at radius 3 is 2.25 bits per heavy atom. The van der Waals surface area contributed by atoms with Crippen molar-refractivity contribution in [2.45, 2.75) is 109 Å². The van der Waals surface area contributed by atoms with Crippen LogP contribution < -0.4 is 37.1 Å². The van der Waals surface area contributed by atoms with Gasteiger partial charge in [-0.25, -0.2) is 4.79 Å². The molecule has 1 unspecified atom stereocenters. The van der Waals surface area contributed by atoms with E-state index < -0.39 is 47.4 Å². The molecule has 1 aromatic carbocycles. The molecule has 0 spiro atoms. The Morgan fingerprint density at radius 2 is 1.55 bits per heavy atom. The molecule has 2 aromatic rings. The van der Waals surface area contributed by atoms with E-state index in [9.17, 15) is 38.8 Å². The van der Waals surface area contributed by atoms with E-state index in [0.29, 0.717) is 86.8 Å². The number of rotatable bonds is 31. The van der Waals surface area contributed by atoms with Crippen molar-refractivity contribution in [1.29, 1.82) is 5.26 Å². The number of unbranched alkanes of at least 4 members (excludes halogenated alkanes) is 2. The van der Waals surface area contributed by atoms with Crippen LogP contribution in [0, 0.1) is 11.3 Å². The number of aromatic nitrogens is 1. The van der Waals surface area contributed by atoms with E-state index in [1.54, 1.807) is 45.0 Å². The predicted molar refractivity (Wildman–Crippen MR) is 245 cm³/mol. The van der Waals surface area contributed by atoms with Crippen LogP contribution in [-0.4, -0.2) is 154 Å². The lowest BCUT2D eigenvalue weighted by molar-refractivity contribution is -0.159. The third-order valence-electron chi connectivity index (χ3n) is 10.1. The van der Waals surface area contributed by atoms with Gasteiger partial charge in [0, 0.05) is 50.6 Å². The van der Waals surface area contributed by atoms with Gasteiger partial charge < -0.3 is 60.9 Å². The van der Waals surface area contributed by atoms with Crippen molar-refractivity contribution >= 4 is 52.3 Å². The highest BCUT2D eigenvalue weighted by Crippen LogP contribution is 2.23. The molecule has 0 aliphatic carbocycles. The Kier molecular flexibility index (Phi) is 25.1. The summed E-state index contributed by atoms with van der Waals surface area (Å²) in [6.07, 6.45) is 5.84. The second-order valence-electron chi connectivity index (χ2n) is 16.8. The molecule has 2 heterocycles. The van der Waals surface area contributed by atoms with Crippen molar-refractivity contribution in [3.8, 4) is 11.8 Å². The maximum absolute atomic E-state index is 13.4. The summed E-state index contributed by atoms with van der Waals surface area (Å²) < 4.78 is 27.7. The number of hydrogen-bond donors (Lipinski definition) is 6. The molecule has 1 aliphatic heterocycles. The maximum atomic E-state index is 13.4. The minimum atomic E-state index is -0.935. The van der Waals surface area contributed by atoms with Gasteiger partial charge in [-0.05, 0) is 96.9 Å². The first kappa shape index (κ1) is 55.4. The van der Waals surface area contributed by atoms with Crippen LogP contribution >= 0.6 is 0 Å². The molecule has 7 N–H and O–H groups in total. The zero-order valence-corrected chi connectivity index (χ0v) is 39.3. The Morgan fingerprint density at radius 1 is 0.851 bits per heavy atom. The number of pyridine rings is 1. The van der Waals surface area contributed by atoms with Crippen LogP contribution in [0.2, 0.25) is 0 Å². The van der Waals surface area contributed by atoms with Crippen LogP contribution in [0.5, 0.6) is 5.75 Å². The van der Waals surface area contributed by atoms with Gasteiger partial charge in [0.1, 0.15) is 29.5 Å². The lowest BCUT2D eigenvalue weighted by Gasteiger charge is -2.26. The van der Waals surface area contributed by atoms with Crippen molar-refractivity contribution in [3.05, 3.63) is 36.0 Å². The van der Waals surface area contributed by atoms with Gasteiger partial charge in [0.05, 0.1) is 63.3 Å². The maximum Gasteiger partial charge on any atom is 0.329 e. The second kappa shape index (κ2) is 30.4. The Bertz CT molecular complexity index is 1970. The summed E-state index contributed by atoms with van der Waals surface area (Å²) >= 11 is 0. The standard InChI is InChI=1S/C46H69N9O12/c1-32(56)49-18-8-6-12-38(45(62)67-46(2,3)4)54-44(61)37(11-5-7-17-47)53-40(57)16-22-63-24-26-65-27-25-64-23-20-51-41(58)31-66-34-13-14-35-36(15-19-50-39(35)28-34)43(60)52-30-42(59)55-21-9-10-33(55)29-48/h13-15,19,28,33,37-38H,5-12,16-18,20-27,30-31,47H2,1-4H3,(H,49,56)(H,51,58)(H,52,60)(H,53,57)(H,54,61)/t33-,37-,38?/m0/s1. The number of ether oxygens (including phenoxy) is 5. The SMILES string of the molecule is CC(=O)NCCCCC(NC(=O)[C@H](CCCCN)NC(=O)CCOCCOCCOCCNC(=O)COc1ccc2c(C(=O)NCC(=O)N3CCC[C@H]3C#N)ccnc2c1)C(=O)OC(C)(C)C. The zero-order chi connectivity index (χ0) is 49.0. The lowest BCUT2D eigenvalue weighted by Crippen LogP contribution is -2.52. The van der Waals surface area contributed by atoms with Crippen LogP contribution in [0.4, 0.5) is 0 Å². The molecular formula is C46H69N9O12. The third kappa shape index (κ3) is 21.9. The Balaban J connectivity index is 1.27. The summed E-state index contributed by atoms with van der Waals surface area (Å²) in [5.41, 5.74) is 5.67. The van der Waals surface area contributed by atoms with Crippen molar-refractivity contribution in [2.24, 2.45) is 5.73 Å². The Labute approximate surface area is 392 Å². The van der Waals surface area contributed by atoms with Gasteiger partial charge in [-0.3, -0.25) is 33.8 Å². The summed E-state index contributed by atoms with van der Waals surface area (Å²) in [5, 5.41) is 23.4. The highest BCUT2D eigenvalue weighted by atomic mass is 16.6. The van der Waals surface area contributed by atoms with E-state index in [4.69, 9.17) is 29.4 Å². The summed E-state index contributed by atoms with van der Waals surface area (Å²) in [7, 11) is 0. The summed E-state index contributed by atoms with van der Waals surface area (Å²) in [6.45, 7) is 9.10. The van der Waals surface area contributed by atoms with E-state index in [2.05, 4.69) is 37.6 Å². The molecule has 370 valence electrons. The molecule has 6 amide bonds. The molecule has 1 fully saturated rings. The monoisotopic (exact) mass is 940 g/mol. The molecule has 1 aromatic heterocycles. The summed E-state index contributed by atoms with van der Waals surface area (Å²) in [4.78, 5) is 94.0. The van der Waals surface area contributed by atoms with Crippen LogP contribution in [-0.2, 0) is 47.7 Å². The van der Waals surface area contributed by atoms with Crippen molar-refractivity contribution in [2.75, 3.05) is 79.0 Å². The number of nitrogens with one attached hydrogen (secondary N) is 5. The average molecular weight is 940 g/mol. The van der Waals surface area contributed by atoms with Gasteiger partial charge in [-0.1, -0.05) is 0 Å². The largest absolute Gasteiger partial charge is 0.484 e. The number of carbonyl (C=O) groups excluding carboxylic acids is 7. The smallest absolute Gasteiger partial charge is 0.329 e. The molecule has 3 rings (SSSR count). The first-order valence-electron chi connectivity index (χ1n) is 22.9. The first-order chi connectivity index (χ1) is 32.1. The number of esters is 1. The third-order valence-corrected chi connectivity index (χ3v) is 10.1. The van der Waals surface area contributed by atoms with E-state index in [1.807, 2.05) is 0 Å². The summed E-state index contributed by atoms with van der Waals surface area (Å²) in [6, 6.07) is 6.24. The van der Waals surface area contributed by atoms with Crippen molar-refractivity contribution in [3.63, 3.8) is 0 Å². The topological polar surface area (TPSA) is 292 Å². The number of amides is 6. The number of fused-ring (bicyclic) bond motifs is 1. The molecule has 0 saturated carbocycles. The fraction of sp³-hybridized carbons (Fsp3) is 0.630. The normalized spacial score (nSPS) is 14.3. The van der Waals surface area contributed by atoms with Crippen LogP contribution in [0.3, 0.4) is 0 Å². The first-order valence-corrected chi connectivity index (χ1v) is 22.9. The van der Waals surface area contributed by atoms with Gasteiger partial charge in [0.2, 0.25) is 23.6 Å². The van der Waals surface area contributed by atoms with Crippen molar-refractivity contribution < 1.29 is 57.2 Å². The lowest BCUT2D eigenvalue weighted by atomic mass is 10.1. The summed E-state index contributed by atoms with van der Waals surface area (Å²) in [5.74, 6) is -2.39. The minimum absolute atomic E-state index is 0.00329. The van der Waals surface area contributed by atoms with Gasteiger partial charge >= 0.3 is 5.97 Å². The molecule has 21 heteroatoms. The quantitative estimate of drug-likeness (QED) is 0.0457. The molecule has 0 bridgehead atoms. The number of nitriles is 1. The van der Waals surface area contributed by atoms with Gasteiger partial charge in [-0.15, -0.1) is 0 Å². The fourth-order valence-electron chi connectivity index (χ4n) is 6.80. The average Bonchev–Trinajstić information content (AvgIpc) is 3.78. The molecule has 67 heavy (non-hydrogen) atoms. The van der Waals surface area contributed by atoms with E-state index in [-0.39, 0.29) is 83.5 Å². The second-order valence-corrected chi connectivity index (χ2v) is 16.8. The number of nitrogens with two attached hydrogens (primary N) is 1.